The Labute approximate surface area is 140 Å². The molecule has 126 valence electrons. The van der Waals surface area contributed by atoms with Gasteiger partial charge in [-0.1, -0.05) is 6.08 Å². The molecule has 5 heteroatoms. The van der Waals surface area contributed by atoms with E-state index in [2.05, 4.69) is 11.1 Å². The van der Waals surface area contributed by atoms with Crippen LogP contribution < -0.4 is 0 Å². The Morgan fingerprint density at radius 3 is 2.88 bits per heavy atom. The van der Waals surface area contributed by atoms with Crippen LogP contribution >= 0.6 is 0 Å². The molecule has 1 amide bonds. The minimum Gasteiger partial charge on any atom is -0.381 e. The number of halogens is 1. The molecule has 2 aromatic rings. The van der Waals surface area contributed by atoms with Crippen LogP contribution in [-0.4, -0.2) is 42.1 Å². The quantitative estimate of drug-likeness (QED) is 0.919. The Morgan fingerprint density at radius 2 is 2.12 bits per heavy atom. The largest absolute Gasteiger partial charge is 0.381 e. The van der Waals surface area contributed by atoms with Gasteiger partial charge in [-0.15, -0.1) is 0 Å². The van der Waals surface area contributed by atoms with E-state index in [-0.39, 0.29) is 17.6 Å². The number of nitrogens with one attached hydrogen (secondary N) is 1. The van der Waals surface area contributed by atoms with Crippen LogP contribution in [0.5, 0.6) is 0 Å². The molecular formula is C19H21FN2O2. The molecule has 1 aromatic heterocycles. The van der Waals surface area contributed by atoms with Crippen molar-refractivity contribution in [3.63, 3.8) is 0 Å². The average molecular weight is 328 g/mol. The number of amides is 1. The van der Waals surface area contributed by atoms with Gasteiger partial charge in [0.2, 0.25) is 5.91 Å². The summed E-state index contributed by atoms with van der Waals surface area (Å²) in [6.45, 7) is 2.73. The number of aromatic amines is 1. The van der Waals surface area contributed by atoms with Crippen LogP contribution in [0.2, 0.25) is 0 Å². The Morgan fingerprint density at radius 1 is 1.29 bits per heavy atom. The maximum absolute atomic E-state index is 13.5. The van der Waals surface area contributed by atoms with Crippen molar-refractivity contribution in [2.75, 3.05) is 26.3 Å². The molecule has 4 nitrogen and oxygen atoms in total. The van der Waals surface area contributed by atoms with Crippen molar-refractivity contribution in [1.29, 1.82) is 0 Å². The molecule has 2 aliphatic heterocycles. The third-order valence-electron chi connectivity index (χ3n) is 5.08. The molecular weight excluding hydrogens is 307 g/mol. The fraction of sp³-hybridized carbons (Fsp3) is 0.421. The SMILES string of the molecule is O=C(C1CCOCC1)N1CC=C(c2c[nH]c3ccc(F)cc23)CC1. The van der Waals surface area contributed by atoms with Crippen molar-refractivity contribution in [2.45, 2.75) is 19.3 Å². The zero-order valence-electron chi connectivity index (χ0n) is 13.6. The molecule has 1 saturated heterocycles. The van der Waals surface area contributed by atoms with Gasteiger partial charge in [-0.3, -0.25) is 4.79 Å². The molecule has 1 aromatic carbocycles. The molecule has 0 spiro atoms. The predicted molar refractivity (Wildman–Crippen MR) is 91.0 cm³/mol. The van der Waals surface area contributed by atoms with Crippen molar-refractivity contribution < 1.29 is 13.9 Å². The number of H-pyrrole nitrogens is 1. The van der Waals surface area contributed by atoms with E-state index in [0.29, 0.717) is 19.8 Å². The summed E-state index contributed by atoms with van der Waals surface area (Å²) in [7, 11) is 0. The van der Waals surface area contributed by atoms with Gasteiger partial charge in [0.15, 0.2) is 0 Å². The van der Waals surface area contributed by atoms with Gasteiger partial charge in [0.05, 0.1) is 0 Å². The van der Waals surface area contributed by atoms with E-state index in [9.17, 15) is 9.18 Å². The molecule has 1 fully saturated rings. The summed E-state index contributed by atoms with van der Waals surface area (Å²) in [5, 5.41) is 0.908. The molecule has 1 N–H and O–H groups in total. The van der Waals surface area contributed by atoms with Crippen molar-refractivity contribution >= 4 is 22.4 Å². The summed E-state index contributed by atoms with van der Waals surface area (Å²) in [5.41, 5.74) is 3.17. The van der Waals surface area contributed by atoms with Crippen LogP contribution in [0.15, 0.2) is 30.5 Å². The van der Waals surface area contributed by atoms with E-state index >= 15 is 0 Å². The number of carbonyl (C=O) groups is 1. The number of ether oxygens (including phenoxy) is 1. The summed E-state index contributed by atoms with van der Waals surface area (Å²) in [6.07, 6.45) is 6.50. The highest BCUT2D eigenvalue weighted by Crippen LogP contribution is 2.30. The first-order valence-corrected chi connectivity index (χ1v) is 8.55. The lowest BCUT2D eigenvalue weighted by Crippen LogP contribution is -2.40. The third kappa shape index (κ3) is 2.84. The van der Waals surface area contributed by atoms with Gasteiger partial charge in [-0.25, -0.2) is 4.39 Å². The Bertz CT molecular complexity index is 790. The first-order valence-electron chi connectivity index (χ1n) is 8.55. The minimum atomic E-state index is -0.226. The highest BCUT2D eigenvalue weighted by Gasteiger charge is 2.27. The van der Waals surface area contributed by atoms with Crippen molar-refractivity contribution in [3.8, 4) is 0 Å². The molecule has 4 rings (SSSR count). The first kappa shape index (κ1) is 15.4. The van der Waals surface area contributed by atoms with E-state index in [1.807, 2.05) is 11.1 Å². The molecule has 0 atom stereocenters. The average Bonchev–Trinajstić information content (AvgIpc) is 3.05. The van der Waals surface area contributed by atoms with Gasteiger partial charge in [-0.2, -0.15) is 0 Å². The zero-order chi connectivity index (χ0) is 16.5. The van der Waals surface area contributed by atoms with E-state index in [4.69, 9.17) is 4.74 Å². The molecule has 2 aliphatic rings. The molecule has 24 heavy (non-hydrogen) atoms. The van der Waals surface area contributed by atoms with Crippen molar-refractivity contribution in [2.24, 2.45) is 5.92 Å². The second kappa shape index (κ2) is 6.40. The van der Waals surface area contributed by atoms with Gasteiger partial charge in [0.1, 0.15) is 5.82 Å². The third-order valence-corrected chi connectivity index (χ3v) is 5.08. The number of fused-ring (bicyclic) bond motifs is 1. The second-order valence-corrected chi connectivity index (χ2v) is 6.54. The molecule has 0 saturated carbocycles. The molecule has 0 aliphatic carbocycles. The zero-order valence-corrected chi connectivity index (χ0v) is 13.6. The van der Waals surface area contributed by atoms with Crippen LogP contribution in [0.25, 0.3) is 16.5 Å². The molecule has 3 heterocycles. The maximum atomic E-state index is 13.5. The van der Waals surface area contributed by atoms with E-state index in [1.54, 1.807) is 12.1 Å². The van der Waals surface area contributed by atoms with Gasteiger partial charge in [0.25, 0.3) is 0 Å². The number of nitrogens with zero attached hydrogens (tertiary/aromatic N) is 1. The lowest BCUT2D eigenvalue weighted by Gasteiger charge is -2.31. The monoisotopic (exact) mass is 328 g/mol. The first-order chi connectivity index (χ1) is 11.7. The topological polar surface area (TPSA) is 45.3 Å². The summed E-state index contributed by atoms with van der Waals surface area (Å²) >= 11 is 0. The highest BCUT2D eigenvalue weighted by molar-refractivity contribution is 5.93. The van der Waals surface area contributed by atoms with E-state index in [1.165, 1.54) is 11.6 Å². The summed E-state index contributed by atoms with van der Waals surface area (Å²) in [5.74, 6) is 0.130. The molecule has 0 unspecified atom stereocenters. The maximum Gasteiger partial charge on any atom is 0.226 e. The van der Waals surface area contributed by atoms with Gasteiger partial charge < -0.3 is 14.6 Å². The number of rotatable bonds is 2. The minimum absolute atomic E-state index is 0.107. The second-order valence-electron chi connectivity index (χ2n) is 6.54. The van der Waals surface area contributed by atoms with Crippen molar-refractivity contribution in [3.05, 3.63) is 41.9 Å². The number of benzene rings is 1. The standard InChI is InChI=1S/C19H21FN2O2/c20-15-1-2-18-16(11-15)17(12-21-18)13-3-7-22(8-4-13)19(23)14-5-9-24-10-6-14/h1-3,11-12,14,21H,4-10H2. The predicted octanol–water partition coefficient (Wildman–Crippen LogP) is 3.35. The van der Waals surface area contributed by atoms with Crippen molar-refractivity contribution in [1.82, 2.24) is 9.88 Å². The smallest absolute Gasteiger partial charge is 0.226 e. The van der Waals surface area contributed by atoms with Crippen LogP contribution in [0.4, 0.5) is 4.39 Å². The number of aromatic nitrogens is 1. The number of carbonyl (C=O) groups excluding carboxylic acids is 1. The summed E-state index contributed by atoms with van der Waals surface area (Å²) in [4.78, 5) is 17.7. The van der Waals surface area contributed by atoms with Gasteiger partial charge in [0, 0.05) is 54.9 Å². The Kier molecular flexibility index (Phi) is 4.10. The lowest BCUT2D eigenvalue weighted by molar-refractivity contribution is -0.138. The van der Waals surface area contributed by atoms with E-state index in [0.717, 1.165) is 42.3 Å². The van der Waals surface area contributed by atoms with Crippen LogP contribution in [0, 0.1) is 11.7 Å². The lowest BCUT2D eigenvalue weighted by atomic mass is 9.95. The highest BCUT2D eigenvalue weighted by atomic mass is 19.1. The summed E-state index contributed by atoms with van der Waals surface area (Å²) in [6, 6.07) is 4.80. The van der Waals surface area contributed by atoms with Crippen LogP contribution in [0.3, 0.4) is 0 Å². The fourth-order valence-electron chi connectivity index (χ4n) is 3.68. The van der Waals surface area contributed by atoms with E-state index < -0.39 is 0 Å². The van der Waals surface area contributed by atoms with Crippen LogP contribution in [0.1, 0.15) is 24.8 Å². The van der Waals surface area contributed by atoms with Crippen LogP contribution in [-0.2, 0) is 9.53 Å². The van der Waals surface area contributed by atoms with Gasteiger partial charge in [-0.05, 0) is 43.0 Å². The summed E-state index contributed by atoms with van der Waals surface area (Å²) < 4.78 is 18.9. The normalized spacial score (nSPS) is 19.5. The fourth-order valence-corrected chi connectivity index (χ4v) is 3.68. The Hall–Kier alpha value is -2.14. The Balaban J connectivity index is 1.51. The number of hydrogen-bond donors (Lipinski definition) is 1. The molecule has 0 radical (unpaired) electrons. The van der Waals surface area contributed by atoms with Gasteiger partial charge >= 0.3 is 0 Å². The number of hydrogen-bond acceptors (Lipinski definition) is 2. The molecule has 0 bridgehead atoms.